The zero-order valence-electron chi connectivity index (χ0n) is 13.7. The minimum absolute atomic E-state index is 0.900. The van der Waals surface area contributed by atoms with Crippen LogP contribution in [0.25, 0.3) is 16.6 Å². The number of hydrogen-bond donors (Lipinski definition) is 1. The van der Waals surface area contributed by atoms with Crippen molar-refractivity contribution in [1.82, 2.24) is 9.97 Å². The van der Waals surface area contributed by atoms with E-state index in [4.69, 9.17) is 4.98 Å². The summed E-state index contributed by atoms with van der Waals surface area (Å²) in [7, 11) is 0. The van der Waals surface area contributed by atoms with Gasteiger partial charge in [-0.3, -0.25) is 0 Å². The van der Waals surface area contributed by atoms with Gasteiger partial charge >= 0.3 is 0 Å². The van der Waals surface area contributed by atoms with Gasteiger partial charge in [0.1, 0.15) is 5.82 Å². The summed E-state index contributed by atoms with van der Waals surface area (Å²) < 4.78 is 0. The number of fused-ring (bicyclic) bond motifs is 1. The van der Waals surface area contributed by atoms with Crippen LogP contribution in [0, 0.1) is 0 Å². The maximum absolute atomic E-state index is 4.71. The molecule has 0 amide bonds. The third kappa shape index (κ3) is 3.64. The zero-order chi connectivity index (χ0) is 15.9. The fourth-order valence-corrected chi connectivity index (χ4v) is 2.33. The molecule has 22 heavy (non-hydrogen) atoms. The summed E-state index contributed by atoms with van der Waals surface area (Å²) in [6.45, 7) is 10.2. The number of allylic oxidation sites excluding steroid dienone is 7. The Labute approximate surface area is 133 Å². The van der Waals surface area contributed by atoms with Gasteiger partial charge in [-0.25, -0.2) is 4.98 Å². The van der Waals surface area contributed by atoms with E-state index in [2.05, 4.69) is 61.8 Å². The van der Waals surface area contributed by atoms with Crippen molar-refractivity contribution in [3.63, 3.8) is 0 Å². The summed E-state index contributed by atoms with van der Waals surface area (Å²) >= 11 is 0. The average molecular weight is 292 g/mol. The lowest BCUT2D eigenvalue weighted by atomic mass is 10.1. The molecule has 0 bridgehead atoms. The molecular weight excluding hydrogens is 268 g/mol. The van der Waals surface area contributed by atoms with E-state index in [9.17, 15) is 0 Å². The SMILES string of the molecule is C=C\C(=C/C=C(\C=C\C)c1nc2ccc(CC)cc2[nH]1)CC. The van der Waals surface area contributed by atoms with Crippen molar-refractivity contribution in [1.29, 1.82) is 0 Å². The molecule has 2 aromatic rings. The first-order chi connectivity index (χ1) is 10.7. The van der Waals surface area contributed by atoms with Gasteiger partial charge in [-0.2, -0.15) is 0 Å². The molecule has 1 aromatic carbocycles. The van der Waals surface area contributed by atoms with Gasteiger partial charge in [0.2, 0.25) is 0 Å². The van der Waals surface area contributed by atoms with Crippen molar-refractivity contribution in [3.05, 3.63) is 72.1 Å². The molecule has 0 saturated carbocycles. The van der Waals surface area contributed by atoms with E-state index in [1.165, 1.54) is 11.1 Å². The highest BCUT2D eigenvalue weighted by Gasteiger charge is 2.06. The Hall–Kier alpha value is -2.35. The molecule has 0 unspecified atom stereocenters. The molecule has 0 saturated heterocycles. The smallest absolute Gasteiger partial charge is 0.138 e. The number of H-pyrrole nitrogens is 1. The standard InChI is InChI=1S/C20H24N2/c1-5-9-17(12-10-15(6-2)7-3)20-21-18-13-11-16(8-4)14-19(18)22-20/h5-6,9-14H,2,7-8H2,1,3-4H3,(H,21,22)/b9-5+,15-10+,17-12+. The zero-order valence-corrected chi connectivity index (χ0v) is 13.7. The van der Waals surface area contributed by atoms with Gasteiger partial charge in [-0.05, 0) is 43.0 Å². The predicted octanol–water partition coefficient (Wildman–Crippen LogP) is 5.61. The van der Waals surface area contributed by atoms with Crippen molar-refractivity contribution in [2.75, 3.05) is 0 Å². The lowest BCUT2D eigenvalue weighted by molar-refractivity contribution is 1.14. The first-order valence-corrected chi connectivity index (χ1v) is 7.86. The normalized spacial score (nSPS) is 13.2. The minimum Gasteiger partial charge on any atom is -0.338 e. The van der Waals surface area contributed by atoms with Crippen molar-refractivity contribution < 1.29 is 0 Å². The lowest BCUT2D eigenvalue weighted by Gasteiger charge is -1.97. The predicted molar refractivity (Wildman–Crippen MR) is 96.8 cm³/mol. The van der Waals surface area contributed by atoms with E-state index in [1.54, 1.807) is 0 Å². The van der Waals surface area contributed by atoms with Gasteiger partial charge < -0.3 is 4.98 Å². The van der Waals surface area contributed by atoms with E-state index in [0.717, 1.165) is 35.3 Å². The fraction of sp³-hybridized carbons (Fsp3) is 0.250. The van der Waals surface area contributed by atoms with Crippen molar-refractivity contribution >= 4 is 16.6 Å². The largest absolute Gasteiger partial charge is 0.338 e. The molecule has 0 aliphatic carbocycles. The van der Waals surface area contributed by atoms with E-state index >= 15 is 0 Å². The van der Waals surface area contributed by atoms with Crippen LogP contribution in [0.2, 0.25) is 0 Å². The Morgan fingerprint density at radius 1 is 1.27 bits per heavy atom. The molecule has 0 radical (unpaired) electrons. The van der Waals surface area contributed by atoms with Gasteiger partial charge in [-0.15, -0.1) is 0 Å². The monoisotopic (exact) mass is 292 g/mol. The molecule has 0 fully saturated rings. The van der Waals surface area contributed by atoms with Crippen molar-refractivity contribution in [2.24, 2.45) is 0 Å². The van der Waals surface area contributed by atoms with E-state index < -0.39 is 0 Å². The first kappa shape index (κ1) is 16.0. The van der Waals surface area contributed by atoms with Crippen LogP contribution in [-0.2, 0) is 6.42 Å². The Bertz CT molecular complexity index is 742. The van der Waals surface area contributed by atoms with Crippen molar-refractivity contribution in [2.45, 2.75) is 33.6 Å². The maximum Gasteiger partial charge on any atom is 0.138 e. The van der Waals surface area contributed by atoms with E-state index in [-0.39, 0.29) is 0 Å². The molecule has 0 aliphatic rings. The molecule has 2 rings (SSSR count). The fourth-order valence-electron chi connectivity index (χ4n) is 2.33. The molecule has 1 aromatic heterocycles. The Morgan fingerprint density at radius 3 is 2.73 bits per heavy atom. The second-order valence-electron chi connectivity index (χ2n) is 5.21. The molecule has 1 N–H and O–H groups in total. The summed E-state index contributed by atoms with van der Waals surface area (Å²) in [6, 6.07) is 6.40. The molecule has 2 nitrogen and oxygen atoms in total. The van der Waals surface area contributed by atoms with Crippen LogP contribution < -0.4 is 0 Å². The van der Waals surface area contributed by atoms with Crippen LogP contribution in [0.4, 0.5) is 0 Å². The van der Waals surface area contributed by atoms with Gasteiger partial charge in [0.25, 0.3) is 0 Å². The number of aromatic amines is 1. The number of benzene rings is 1. The highest BCUT2D eigenvalue weighted by molar-refractivity contribution is 5.82. The number of aromatic nitrogens is 2. The molecule has 0 atom stereocenters. The van der Waals surface area contributed by atoms with E-state index in [1.807, 2.05) is 19.1 Å². The summed E-state index contributed by atoms with van der Waals surface area (Å²) in [6.07, 6.45) is 12.2. The lowest BCUT2D eigenvalue weighted by Crippen LogP contribution is -1.84. The third-order valence-electron chi connectivity index (χ3n) is 3.72. The van der Waals surface area contributed by atoms with Crippen LogP contribution >= 0.6 is 0 Å². The summed E-state index contributed by atoms with van der Waals surface area (Å²) in [4.78, 5) is 8.14. The average Bonchev–Trinajstić information content (AvgIpc) is 2.97. The summed E-state index contributed by atoms with van der Waals surface area (Å²) in [5.74, 6) is 0.900. The third-order valence-corrected chi connectivity index (χ3v) is 3.72. The number of aryl methyl sites for hydroxylation is 1. The second-order valence-corrected chi connectivity index (χ2v) is 5.21. The summed E-state index contributed by atoms with van der Waals surface area (Å²) in [5.41, 5.74) is 5.70. The number of nitrogens with zero attached hydrogens (tertiary/aromatic N) is 1. The van der Waals surface area contributed by atoms with Crippen LogP contribution in [-0.4, -0.2) is 9.97 Å². The van der Waals surface area contributed by atoms with Crippen LogP contribution in [0.3, 0.4) is 0 Å². The molecule has 1 heterocycles. The first-order valence-electron chi connectivity index (χ1n) is 7.86. The van der Waals surface area contributed by atoms with Gasteiger partial charge in [0, 0.05) is 5.57 Å². The Morgan fingerprint density at radius 2 is 2.09 bits per heavy atom. The Kier molecular flexibility index (Phi) is 5.54. The van der Waals surface area contributed by atoms with E-state index in [0.29, 0.717) is 0 Å². The van der Waals surface area contributed by atoms with Gasteiger partial charge in [0.15, 0.2) is 0 Å². The van der Waals surface area contributed by atoms with Crippen LogP contribution in [0.1, 0.15) is 38.6 Å². The second kappa shape index (κ2) is 7.60. The van der Waals surface area contributed by atoms with Crippen LogP contribution in [0.15, 0.2) is 60.7 Å². The molecule has 0 aliphatic heterocycles. The maximum atomic E-state index is 4.71. The molecular formula is C20H24N2. The molecule has 2 heteroatoms. The minimum atomic E-state index is 0.900. The topological polar surface area (TPSA) is 28.7 Å². The summed E-state index contributed by atoms with van der Waals surface area (Å²) in [5, 5.41) is 0. The highest BCUT2D eigenvalue weighted by Crippen LogP contribution is 2.20. The molecule has 114 valence electrons. The van der Waals surface area contributed by atoms with Gasteiger partial charge in [-0.1, -0.05) is 56.9 Å². The number of hydrogen-bond acceptors (Lipinski definition) is 1. The quantitative estimate of drug-likeness (QED) is 0.689. The van der Waals surface area contributed by atoms with Crippen molar-refractivity contribution in [3.8, 4) is 0 Å². The number of nitrogens with one attached hydrogen (secondary N) is 1. The number of imidazole rings is 1. The Balaban J connectivity index is 2.46. The van der Waals surface area contributed by atoms with Gasteiger partial charge in [0.05, 0.1) is 11.0 Å². The number of rotatable bonds is 6. The van der Waals surface area contributed by atoms with Crippen LogP contribution in [0.5, 0.6) is 0 Å². The molecule has 0 spiro atoms. The highest BCUT2D eigenvalue weighted by atomic mass is 14.9.